The number of rotatable bonds is 4. The molecule has 0 fully saturated rings. The minimum Gasteiger partial charge on any atom is -0.407 e. The molecule has 56 heavy (non-hydrogen) atoms. The molecule has 1 aliphatic carbocycles. The molecule has 0 saturated heterocycles. The van der Waals surface area contributed by atoms with E-state index in [1.54, 1.807) is 0 Å². The lowest BCUT2D eigenvalue weighted by atomic mass is 9.20. The molecule has 2 aromatic heterocycles. The van der Waals surface area contributed by atoms with Crippen LogP contribution in [0, 0.1) is 13.8 Å². The smallest absolute Gasteiger partial charge is 0.360 e. The molecule has 0 unspecified atom stereocenters. The number of aryl methyl sites for hydroxylation is 2. The zero-order valence-corrected chi connectivity index (χ0v) is 31.3. The molecule has 0 radical (unpaired) electrons. The van der Waals surface area contributed by atoms with Crippen LogP contribution in [0.1, 0.15) is 45.0 Å². The molecule has 266 valence electrons. The second-order valence-electron chi connectivity index (χ2n) is 16.2. The van der Waals surface area contributed by atoms with Crippen LogP contribution < -0.4 is 41.7 Å². The lowest BCUT2D eigenvalue weighted by Gasteiger charge is -2.61. The van der Waals surface area contributed by atoms with E-state index >= 15 is 0 Å². The minimum atomic E-state index is -1.76. The summed E-state index contributed by atoms with van der Waals surface area (Å²) in [6, 6.07) is 71.6. The molecule has 2 atom stereocenters. The third kappa shape index (κ3) is 3.48. The summed E-state index contributed by atoms with van der Waals surface area (Å²) >= 11 is 0. The summed E-state index contributed by atoms with van der Waals surface area (Å²) in [6.45, 7) is 4.48. The van der Waals surface area contributed by atoms with E-state index in [1.165, 1.54) is 43.9 Å². The summed E-state index contributed by atoms with van der Waals surface area (Å²) in [5, 5.41) is 0. The van der Waals surface area contributed by atoms with Crippen LogP contribution in [-0.2, 0) is 21.0 Å². The van der Waals surface area contributed by atoms with Crippen molar-refractivity contribution < 1.29 is 18.7 Å². The van der Waals surface area contributed by atoms with Crippen molar-refractivity contribution in [1.29, 1.82) is 0 Å². The molecule has 0 N–H and O–H groups in total. The van der Waals surface area contributed by atoms with Gasteiger partial charge in [0.2, 0.25) is 11.2 Å². The summed E-state index contributed by atoms with van der Waals surface area (Å²) in [7, 11) is 0. The molecule has 2 spiro atoms. The summed E-state index contributed by atoms with van der Waals surface area (Å²) in [4.78, 5) is 14.6. The number of nitrogens with zero attached hydrogens (tertiary/aromatic N) is 2. The number of aromatic nitrogens is 2. The second kappa shape index (κ2) is 11.1. The van der Waals surface area contributed by atoms with Gasteiger partial charge in [0, 0.05) is 37.1 Å². The van der Waals surface area contributed by atoms with Gasteiger partial charge >= 0.3 is 12.6 Å². The van der Waals surface area contributed by atoms with Crippen molar-refractivity contribution in [2.75, 3.05) is 0 Å². The zero-order chi connectivity index (χ0) is 37.3. The van der Waals surface area contributed by atoms with E-state index in [-0.39, 0.29) is 0 Å². The summed E-state index contributed by atoms with van der Waals surface area (Å²) in [5.74, 6) is 0. The molecular formula is C50H38B2N2O2. The molecule has 5 aliphatic rings. The number of hydrogen-bond donors (Lipinski definition) is 0. The minimum absolute atomic E-state index is 1.05. The first kappa shape index (κ1) is 32.0. The van der Waals surface area contributed by atoms with Crippen LogP contribution in [0.2, 0.25) is 0 Å². The summed E-state index contributed by atoms with van der Waals surface area (Å²) < 4.78 is 5.20. The second-order valence-corrected chi connectivity index (χ2v) is 16.2. The average Bonchev–Trinajstić information content (AvgIpc) is 3.26. The van der Waals surface area contributed by atoms with Gasteiger partial charge < -0.3 is 8.96 Å². The number of fused-ring (bicyclic) bond motifs is 3. The Hall–Kier alpha value is -6.33. The van der Waals surface area contributed by atoms with E-state index in [4.69, 9.17) is 9.78 Å². The third-order valence-corrected chi connectivity index (χ3v) is 13.9. The highest BCUT2D eigenvalue weighted by Gasteiger charge is 2.72. The molecule has 6 aromatic carbocycles. The highest BCUT2D eigenvalue weighted by molar-refractivity contribution is 7.06. The fraction of sp³-hybridized carbons (Fsp3) is 0.0800. The quantitative estimate of drug-likeness (QED) is 0.199. The fourth-order valence-corrected chi connectivity index (χ4v) is 12.2. The van der Waals surface area contributed by atoms with Crippen LogP contribution in [-0.4, -0.2) is 12.6 Å². The van der Waals surface area contributed by atoms with E-state index in [9.17, 15) is 0 Å². The highest BCUT2D eigenvalue weighted by atomic mass is 17.2. The Morgan fingerprint density at radius 1 is 0.357 bits per heavy atom. The van der Waals surface area contributed by atoms with Gasteiger partial charge in [0.15, 0.2) is 11.4 Å². The van der Waals surface area contributed by atoms with E-state index in [0.29, 0.717) is 0 Å². The van der Waals surface area contributed by atoms with Crippen molar-refractivity contribution in [2.24, 2.45) is 0 Å². The molecule has 6 heterocycles. The van der Waals surface area contributed by atoms with Crippen molar-refractivity contribution in [3.05, 3.63) is 239 Å². The molecule has 0 amide bonds. The average molecular weight is 720 g/mol. The maximum absolute atomic E-state index is 7.29. The normalized spacial score (nSPS) is 21.0. The maximum Gasteiger partial charge on any atom is 0.360 e. The Labute approximate surface area is 327 Å². The zero-order valence-electron chi connectivity index (χ0n) is 31.3. The van der Waals surface area contributed by atoms with Gasteiger partial charge in [0.1, 0.15) is 11.4 Å². The van der Waals surface area contributed by atoms with Crippen LogP contribution in [0.5, 0.6) is 0 Å². The lowest BCUT2D eigenvalue weighted by molar-refractivity contribution is -0.593. The molecule has 8 aromatic rings. The van der Waals surface area contributed by atoms with Crippen LogP contribution in [0.3, 0.4) is 0 Å². The fourth-order valence-electron chi connectivity index (χ4n) is 12.2. The van der Waals surface area contributed by atoms with Crippen LogP contribution >= 0.6 is 0 Å². The number of hydrogen-bond acceptors (Lipinski definition) is 2. The van der Waals surface area contributed by atoms with Crippen LogP contribution in [0.15, 0.2) is 194 Å². The molecule has 6 heteroatoms. The summed E-state index contributed by atoms with van der Waals surface area (Å²) in [6.07, 6.45) is -3.52. The molecular weight excluding hydrogens is 682 g/mol. The molecule has 4 nitrogen and oxygen atoms in total. The SMILES string of the molecule is Cc1cccc2[n+]1[B-](c1ccccc1)(c1ccccc1)c1cccc3c1[C@@]21OO[C@@]32c3c(cccc31)[B-](c1ccccc1)(c1ccccc1)[n+]1c(C)cccc12. The van der Waals surface area contributed by atoms with Crippen molar-refractivity contribution in [3.8, 4) is 0 Å². The van der Waals surface area contributed by atoms with Crippen LogP contribution in [0.25, 0.3) is 0 Å². The lowest BCUT2D eigenvalue weighted by Crippen LogP contribution is -2.93. The standard InChI is InChI=1S/C50H38B2N2O2/c1-35-19-15-33-45-49-41-29-18-32-44-48(41)50(56-55-49,46-34-16-20-36(2)54(46)52(44,39-25-11-5-12-26-39)40-27-13-6-14-28-40)42-30-17-31-43(47(42)49)51(53(35)45,37-21-7-3-8-22-37)38-23-9-4-10-24-38/h3-34H,1-2H3/t49-,50-/m0/s1. The van der Waals surface area contributed by atoms with Crippen molar-refractivity contribution >= 4 is 45.3 Å². The van der Waals surface area contributed by atoms with Gasteiger partial charge in [-0.05, 0) is 23.3 Å². The number of pyridine rings is 2. The van der Waals surface area contributed by atoms with Crippen molar-refractivity contribution in [1.82, 2.24) is 0 Å². The first-order chi connectivity index (χ1) is 27.6. The Kier molecular flexibility index (Phi) is 6.35. The Bertz CT molecular complexity index is 2630. The van der Waals surface area contributed by atoms with Crippen molar-refractivity contribution in [2.45, 2.75) is 25.0 Å². The highest BCUT2D eigenvalue weighted by Crippen LogP contribution is 2.61. The van der Waals surface area contributed by atoms with Crippen molar-refractivity contribution in [3.63, 3.8) is 0 Å². The molecule has 13 rings (SSSR count). The Balaban J connectivity index is 1.32. The Morgan fingerprint density at radius 2 is 0.679 bits per heavy atom. The largest absolute Gasteiger partial charge is 0.407 e. The summed E-state index contributed by atoms with van der Waals surface area (Å²) in [5.41, 5.74) is 14.5. The monoisotopic (exact) mass is 720 g/mol. The van der Waals surface area contributed by atoms with Crippen LogP contribution in [0.4, 0.5) is 0 Å². The maximum atomic E-state index is 7.29. The predicted octanol–water partition coefficient (Wildman–Crippen LogP) is 4.39. The van der Waals surface area contributed by atoms with E-state index in [2.05, 4.69) is 217 Å². The van der Waals surface area contributed by atoms with Gasteiger partial charge in [-0.25, -0.2) is 9.78 Å². The van der Waals surface area contributed by atoms with E-state index in [0.717, 1.165) is 33.9 Å². The molecule has 0 saturated carbocycles. The van der Waals surface area contributed by atoms with E-state index < -0.39 is 23.8 Å². The first-order valence-corrected chi connectivity index (χ1v) is 19.8. The predicted molar refractivity (Wildman–Crippen MR) is 223 cm³/mol. The van der Waals surface area contributed by atoms with Gasteiger partial charge in [0.25, 0.3) is 0 Å². The molecule has 4 aliphatic heterocycles. The third-order valence-electron chi connectivity index (χ3n) is 13.9. The van der Waals surface area contributed by atoms with E-state index in [1.807, 2.05) is 0 Å². The molecule has 2 bridgehead atoms. The first-order valence-electron chi connectivity index (χ1n) is 19.8. The van der Waals surface area contributed by atoms with Gasteiger partial charge in [-0.3, -0.25) is 0 Å². The number of benzene rings is 6. The van der Waals surface area contributed by atoms with Gasteiger partial charge in [-0.15, -0.1) is 32.8 Å². The van der Waals surface area contributed by atoms with Gasteiger partial charge in [0.05, 0.1) is 0 Å². The Morgan fingerprint density at radius 3 is 1.02 bits per heavy atom. The topological polar surface area (TPSA) is 26.2 Å². The van der Waals surface area contributed by atoms with Gasteiger partial charge in [-0.1, -0.05) is 170 Å². The van der Waals surface area contributed by atoms with Gasteiger partial charge in [-0.2, -0.15) is 0 Å².